The Labute approximate surface area is 205 Å². The van der Waals surface area contributed by atoms with Crippen LogP contribution in [-0.4, -0.2) is 30.8 Å². The quantitative estimate of drug-likeness (QED) is 0.462. The molecule has 2 aliphatic rings. The lowest BCUT2D eigenvalue weighted by atomic mass is 9.71. The van der Waals surface area contributed by atoms with Crippen molar-refractivity contribution in [1.29, 1.82) is 0 Å². The van der Waals surface area contributed by atoms with Crippen LogP contribution in [0.15, 0.2) is 54.2 Å². The number of nitrogens with zero attached hydrogens (tertiary/aromatic N) is 1. The second-order valence-corrected chi connectivity index (χ2v) is 9.73. The van der Waals surface area contributed by atoms with Crippen LogP contribution >= 0.6 is 11.6 Å². The van der Waals surface area contributed by atoms with Crippen LogP contribution in [0, 0.1) is 5.92 Å². The smallest absolute Gasteiger partial charge is 0.335 e. The molecule has 6 nitrogen and oxygen atoms in total. The minimum absolute atomic E-state index is 0.170. The fourth-order valence-electron chi connectivity index (χ4n) is 5.15. The normalized spacial score (nSPS) is 24.3. The predicted octanol–water partition coefficient (Wildman–Crippen LogP) is 6.31. The van der Waals surface area contributed by atoms with Crippen molar-refractivity contribution in [2.24, 2.45) is 5.92 Å². The number of carbonyl (C=O) groups excluding carboxylic acids is 1. The third-order valence-corrected chi connectivity index (χ3v) is 7.50. The van der Waals surface area contributed by atoms with Gasteiger partial charge >= 0.3 is 12.0 Å². The van der Waals surface area contributed by atoms with Gasteiger partial charge < -0.3 is 15.2 Å². The van der Waals surface area contributed by atoms with E-state index >= 15 is 0 Å². The molecule has 0 bridgehead atoms. The average Bonchev–Trinajstić information content (AvgIpc) is 2.81. The molecule has 1 atom stereocenters. The number of halogens is 1. The number of aromatic carboxylic acids is 1. The largest absolute Gasteiger partial charge is 0.478 e. The molecule has 1 fully saturated rings. The third kappa shape index (κ3) is 4.44. The van der Waals surface area contributed by atoms with Gasteiger partial charge in [0.2, 0.25) is 0 Å². The fourth-order valence-corrected chi connectivity index (χ4v) is 5.49. The van der Waals surface area contributed by atoms with Crippen molar-refractivity contribution in [2.75, 3.05) is 18.6 Å². The summed E-state index contributed by atoms with van der Waals surface area (Å²) >= 11 is 6.76. The second kappa shape index (κ2) is 9.80. The summed E-state index contributed by atoms with van der Waals surface area (Å²) in [6, 6.07) is 12.2. The SMILES string of the molecule is CC[C@@]1(c2ccc(C3CC(C)C3)c(Cl)c2)NC(=O)N(c2ccc(C(=O)O)cc2)C=C1CCOC. The number of anilines is 1. The molecule has 0 spiro atoms. The molecule has 2 aromatic carbocycles. The number of benzene rings is 2. The molecule has 1 saturated carbocycles. The summed E-state index contributed by atoms with van der Waals surface area (Å²) in [5, 5.41) is 13.2. The Hall–Kier alpha value is -2.83. The number of rotatable bonds is 8. The molecule has 180 valence electrons. The van der Waals surface area contributed by atoms with E-state index < -0.39 is 11.5 Å². The molecule has 0 saturated heterocycles. The number of carboxylic acids is 1. The number of nitrogens with one attached hydrogen (secondary N) is 1. The lowest BCUT2D eigenvalue weighted by Crippen LogP contribution is -2.55. The van der Waals surface area contributed by atoms with Crippen LogP contribution in [0.5, 0.6) is 0 Å². The summed E-state index contributed by atoms with van der Waals surface area (Å²) < 4.78 is 5.37. The van der Waals surface area contributed by atoms with Crippen LogP contribution in [0.3, 0.4) is 0 Å². The summed E-state index contributed by atoms with van der Waals surface area (Å²) in [5.74, 6) is 0.231. The maximum Gasteiger partial charge on any atom is 0.335 e. The molecule has 2 N–H and O–H groups in total. The van der Waals surface area contributed by atoms with Crippen molar-refractivity contribution in [1.82, 2.24) is 5.32 Å². The standard InChI is InChI=1S/C27H31ClN2O4/c1-4-27(20-7-10-23(24(28)15-20)19-13-17(2)14-19)21(11-12-34-3)16-30(26(33)29-27)22-8-5-18(6-9-22)25(31)32/h5-10,15-17,19H,4,11-14H2,1-3H3,(H,29,33)(H,31,32)/t17?,19?,27-/m0/s1. The first-order chi connectivity index (χ1) is 16.3. The number of urea groups is 1. The van der Waals surface area contributed by atoms with Gasteiger partial charge in [-0.3, -0.25) is 4.90 Å². The summed E-state index contributed by atoms with van der Waals surface area (Å²) in [4.78, 5) is 26.1. The van der Waals surface area contributed by atoms with Gasteiger partial charge in [-0.15, -0.1) is 0 Å². The Morgan fingerprint density at radius 3 is 2.50 bits per heavy atom. The van der Waals surface area contributed by atoms with Gasteiger partial charge in [0.25, 0.3) is 0 Å². The monoisotopic (exact) mass is 482 g/mol. The summed E-state index contributed by atoms with van der Waals surface area (Å²) in [6.07, 6.45) is 5.43. The molecule has 0 aromatic heterocycles. The van der Waals surface area contributed by atoms with Crippen molar-refractivity contribution in [3.8, 4) is 0 Å². The molecule has 4 rings (SSSR count). The van der Waals surface area contributed by atoms with Crippen molar-refractivity contribution >= 4 is 29.3 Å². The van der Waals surface area contributed by atoms with Crippen molar-refractivity contribution in [2.45, 2.75) is 51.0 Å². The highest BCUT2D eigenvalue weighted by atomic mass is 35.5. The minimum Gasteiger partial charge on any atom is -0.478 e. The van der Waals surface area contributed by atoms with Gasteiger partial charge in [0.1, 0.15) is 0 Å². The van der Waals surface area contributed by atoms with Gasteiger partial charge in [-0.2, -0.15) is 0 Å². The maximum absolute atomic E-state index is 13.3. The Bertz CT molecular complexity index is 1110. The summed E-state index contributed by atoms with van der Waals surface area (Å²) in [5.41, 5.74) is 3.19. The summed E-state index contributed by atoms with van der Waals surface area (Å²) in [6.45, 7) is 4.81. The van der Waals surface area contributed by atoms with E-state index in [4.69, 9.17) is 16.3 Å². The van der Waals surface area contributed by atoms with Crippen LogP contribution < -0.4 is 10.2 Å². The molecule has 0 radical (unpaired) electrons. The van der Waals surface area contributed by atoms with Crippen molar-refractivity contribution < 1.29 is 19.4 Å². The minimum atomic E-state index is -1.01. The first-order valence-corrected chi connectivity index (χ1v) is 12.1. The summed E-state index contributed by atoms with van der Waals surface area (Å²) in [7, 11) is 1.66. The van der Waals surface area contributed by atoms with E-state index in [-0.39, 0.29) is 11.6 Å². The molecule has 2 aromatic rings. The zero-order chi connectivity index (χ0) is 24.5. The van der Waals surface area contributed by atoms with Crippen LogP contribution in [0.4, 0.5) is 10.5 Å². The highest BCUT2D eigenvalue weighted by molar-refractivity contribution is 6.31. The van der Waals surface area contributed by atoms with Crippen LogP contribution in [0.2, 0.25) is 5.02 Å². The van der Waals surface area contributed by atoms with E-state index in [1.54, 1.807) is 19.2 Å². The fraction of sp³-hybridized carbons (Fsp3) is 0.407. The molecule has 7 heteroatoms. The molecular formula is C27H31ClN2O4. The number of carbonyl (C=O) groups is 2. The van der Waals surface area contributed by atoms with Gasteiger partial charge in [0, 0.05) is 18.3 Å². The highest BCUT2D eigenvalue weighted by Crippen LogP contribution is 2.46. The Morgan fingerprint density at radius 2 is 1.94 bits per heavy atom. The number of hydrogen-bond acceptors (Lipinski definition) is 3. The third-order valence-electron chi connectivity index (χ3n) is 7.18. The number of methoxy groups -OCH3 is 1. The Balaban J connectivity index is 1.72. The zero-order valence-electron chi connectivity index (χ0n) is 19.8. The van der Waals surface area contributed by atoms with Gasteiger partial charge in [0.15, 0.2) is 0 Å². The number of ether oxygens (including phenoxy) is 1. The van der Waals surface area contributed by atoms with Gasteiger partial charge in [-0.1, -0.05) is 37.6 Å². The first-order valence-electron chi connectivity index (χ1n) is 11.7. The molecule has 2 amide bonds. The van der Waals surface area contributed by atoms with Crippen LogP contribution in [-0.2, 0) is 10.3 Å². The molecule has 1 heterocycles. The van der Waals surface area contributed by atoms with Gasteiger partial charge in [0.05, 0.1) is 23.4 Å². The van der Waals surface area contributed by atoms with E-state index in [9.17, 15) is 14.7 Å². The topological polar surface area (TPSA) is 78.9 Å². The molecular weight excluding hydrogens is 452 g/mol. The lowest BCUT2D eigenvalue weighted by Gasteiger charge is -2.43. The maximum atomic E-state index is 13.3. The van der Waals surface area contributed by atoms with E-state index in [1.165, 1.54) is 22.6 Å². The van der Waals surface area contributed by atoms with E-state index in [0.717, 1.165) is 34.9 Å². The van der Waals surface area contributed by atoms with Crippen LogP contribution in [0.1, 0.15) is 66.9 Å². The number of hydrogen-bond donors (Lipinski definition) is 2. The number of carboxylic acid groups (broad SMARTS) is 1. The van der Waals surface area contributed by atoms with Gasteiger partial charge in [-0.25, -0.2) is 9.59 Å². The molecule has 1 aliphatic heterocycles. The Morgan fingerprint density at radius 1 is 1.24 bits per heavy atom. The molecule has 34 heavy (non-hydrogen) atoms. The average molecular weight is 483 g/mol. The van der Waals surface area contributed by atoms with E-state index in [1.807, 2.05) is 19.2 Å². The number of amides is 2. The van der Waals surface area contributed by atoms with Crippen molar-refractivity contribution in [3.05, 3.63) is 76.0 Å². The van der Waals surface area contributed by atoms with E-state index in [0.29, 0.717) is 31.1 Å². The van der Waals surface area contributed by atoms with Crippen LogP contribution in [0.25, 0.3) is 0 Å². The molecule has 1 aliphatic carbocycles. The second-order valence-electron chi connectivity index (χ2n) is 9.32. The first kappa shape index (κ1) is 24.3. The van der Waals surface area contributed by atoms with Gasteiger partial charge in [-0.05, 0) is 84.6 Å². The Kier molecular flexibility index (Phi) is 7.01. The molecule has 0 unspecified atom stereocenters. The zero-order valence-corrected chi connectivity index (χ0v) is 20.6. The van der Waals surface area contributed by atoms with Crippen molar-refractivity contribution in [3.63, 3.8) is 0 Å². The highest BCUT2D eigenvalue weighted by Gasteiger charge is 2.42. The lowest BCUT2D eigenvalue weighted by molar-refractivity contribution is 0.0697. The van der Waals surface area contributed by atoms with E-state index in [2.05, 4.69) is 24.4 Å². The predicted molar refractivity (Wildman–Crippen MR) is 134 cm³/mol.